The minimum absolute atomic E-state index is 0.0244. The molecule has 2 amide bonds. The SMILES string of the molecule is O=C(N1CC2(CC2)C1)N1OC1c1ccccc1. The Bertz CT molecular complexity index is 462. The fraction of sp³-hybridized carbons (Fsp3) is 0.462. The van der Waals surface area contributed by atoms with Crippen molar-refractivity contribution >= 4 is 6.03 Å². The van der Waals surface area contributed by atoms with E-state index in [9.17, 15) is 4.79 Å². The fourth-order valence-electron chi connectivity index (χ4n) is 2.57. The lowest BCUT2D eigenvalue weighted by atomic mass is 9.98. The van der Waals surface area contributed by atoms with Crippen LogP contribution in [0.2, 0.25) is 0 Å². The molecule has 3 fully saturated rings. The maximum absolute atomic E-state index is 12.0. The van der Waals surface area contributed by atoms with Gasteiger partial charge in [0.15, 0.2) is 0 Å². The van der Waals surface area contributed by atoms with Crippen LogP contribution in [0.5, 0.6) is 0 Å². The van der Waals surface area contributed by atoms with Gasteiger partial charge in [-0.2, -0.15) is 5.06 Å². The molecule has 4 nitrogen and oxygen atoms in total. The van der Waals surface area contributed by atoms with Crippen LogP contribution in [0.3, 0.4) is 0 Å². The van der Waals surface area contributed by atoms with Gasteiger partial charge in [-0.15, -0.1) is 0 Å². The number of amides is 2. The van der Waals surface area contributed by atoms with E-state index in [1.165, 1.54) is 17.9 Å². The van der Waals surface area contributed by atoms with Crippen molar-refractivity contribution in [2.75, 3.05) is 13.1 Å². The number of rotatable bonds is 1. The highest BCUT2D eigenvalue weighted by molar-refractivity contribution is 5.76. The second-order valence-corrected chi connectivity index (χ2v) is 5.33. The summed E-state index contributed by atoms with van der Waals surface area (Å²) in [5.74, 6) is 0. The van der Waals surface area contributed by atoms with E-state index in [-0.39, 0.29) is 12.3 Å². The number of hydroxylamine groups is 2. The van der Waals surface area contributed by atoms with E-state index in [0.29, 0.717) is 5.41 Å². The zero-order valence-corrected chi connectivity index (χ0v) is 9.50. The summed E-state index contributed by atoms with van der Waals surface area (Å²) in [6.45, 7) is 1.85. The van der Waals surface area contributed by atoms with Crippen LogP contribution in [0.15, 0.2) is 30.3 Å². The Morgan fingerprint density at radius 3 is 2.59 bits per heavy atom. The van der Waals surface area contributed by atoms with E-state index >= 15 is 0 Å². The van der Waals surface area contributed by atoms with Crippen molar-refractivity contribution in [3.8, 4) is 0 Å². The highest BCUT2D eigenvalue weighted by atomic mass is 16.8. The summed E-state index contributed by atoms with van der Waals surface area (Å²) in [6.07, 6.45) is 2.42. The zero-order valence-electron chi connectivity index (χ0n) is 9.50. The van der Waals surface area contributed by atoms with Gasteiger partial charge in [0.05, 0.1) is 0 Å². The Balaban J connectivity index is 1.40. The first-order chi connectivity index (χ1) is 8.27. The minimum Gasteiger partial charge on any atom is -0.322 e. The number of carbonyl (C=O) groups excluding carboxylic acids is 1. The molecule has 0 radical (unpaired) electrons. The summed E-state index contributed by atoms with van der Waals surface area (Å²) >= 11 is 0. The van der Waals surface area contributed by atoms with Crippen molar-refractivity contribution < 1.29 is 9.63 Å². The van der Waals surface area contributed by atoms with Gasteiger partial charge in [0.2, 0.25) is 6.23 Å². The number of hydrogen-bond acceptors (Lipinski definition) is 2. The number of likely N-dealkylation sites (tertiary alicyclic amines) is 1. The predicted octanol–water partition coefficient (Wildman–Crippen LogP) is 2.15. The number of hydrogen-bond donors (Lipinski definition) is 0. The molecule has 2 saturated heterocycles. The Morgan fingerprint density at radius 2 is 1.94 bits per heavy atom. The second-order valence-electron chi connectivity index (χ2n) is 5.33. The van der Waals surface area contributed by atoms with Crippen LogP contribution >= 0.6 is 0 Å². The van der Waals surface area contributed by atoms with Gasteiger partial charge >= 0.3 is 6.03 Å². The molecule has 88 valence electrons. The molecule has 1 spiro atoms. The highest BCUT2D eigenvalue weighted by Crippen LogP contribution is 2.53. The third kappa shape index (κ3) is 1.44. The lowest BCUT2D eigenvalue weighted by Gasteiger charge is -2.39. The Morgan fingerprint density at radius 1 is 1.24 bits per heavy atom. The molecule has 1 saturated carbocycles. The second kappa shape index (κ2) is 3.01. The molecule has 1 aromatic rings. The summed E-state index contributed by atoms with van der Waals surface area (Å²) in [7, 11) is 0. The number of nitrogens with zero attached hydrogens (tertiary/aromatic N) is 2. The Labute approximate surface area is 99.7 Å². The van der Waals surface area contributed by atoms with E-state index in [4.69, 9.17) is 4.84 Å². The first-order valence-corrected chi connectivity index (χ1v) is 6.07. The molecule has 0 N–H and O–H groups in total. The zero-order chi connectivity index (χ0) is 11.5. The van der Waals surface area contributed by atoms with E-state index in [1.807, 2.05) is 35.2 Å². The van der Waals surface area contributed by atoms with Gasteiger partial charge in [-0.05, 0) is 12.8 Å². The fourth-order valence-corrected chi connectivity index (χ4v) is 2.57. The van der Waals surface area contributed by atoms with E-state index in [1.54, 1.807) is 0 Å². The molecule has 1 aromatic carbocycles. The number of benzene rings is 1. The molecular weight excluding hydrogens is 216 g/mol. The average Bonchev–Trinajstić information content (AvgIpc) is 3.19. The van der Waals surface area contributed by atoms with Gasteiger partial charge in [0.25, 0.3) is 0 Å². The van der Waals surface area contributed by atoms with Gasteiger partial charge in [0, 0.05) is 24.1 Å². The van der Waals surface area contributed by atoms with Crippen molar-refractivity contribution in [3.05, 3.63) is 35.9 Å². The number of urea groups is 1. The molecule has 2 heterocycles. The Hall–Kier alpha value is -1.55. The molecule has 2 aliphatic heterocycles. The van der Waals surface area contributed by atoms with Gasteiger partial charge in [-0.3, -0.25) is 0 Å². The first-order valence-electron chi connectivity index (χ1n) is 6.07. The molecule has 1 unspecified atom stereocenters. The smallest absolute Gasteiger partial charge is 0.322 e. The summed E-state index contributed by atoms with van der Waals surface area (Å²) in [5, 5.41) is 1.48. The first kappa shape index (κ1) is 9.48. The van der Waals surface area contributed by atoms with Crippen LogP contribution in [0.1, 0.15) is 24.6 Å². The molecule has 3 aliphatic rings. The third-order valence-electron chi connectivity index (χ3n) is 3.93. The maximum Gasteiger partial charge on any atom is 0.346 e. The summed E-state index contributed by atoms with van der Waals surface area (Å²) in [4.78, 5) is 19.3. The van der Waals surface area contributed by atoms with Gasteiger partial charge < -0.3 is 4.90 Å². The lowest BCUT2D eigenvalue weighted by molar-refractivity contribution is 0.0729. The molecule has 1 aliphatic carbocycles. The van der Waals surface area contributed by atoms with Crippen LogP contribution in [0.4, 0.5) is 4.79 Å². The van der Waals surface area contributed by atoms with Gasteiger partial charge in [-0.1, -0.05) is 30.3 Å². The molecule has 0 bridgehead atoms. The predicted molar refractivity (Wildman–Crippen MR) is 60.7 cm³/mol. The third-order valence-corrected chi connectivity index (χ3v) is 3.93. The summed E-state index contributed by atoms with van der Waals surface area (Å²) in [6, 6.07) is 9.87. The normalized spacial score (nSPS) is 27.9. The van der Waals surface area contributed by atoms with Crippen LogP contribution in [0, 0.1) is 5.41 Å². The molecule has 0 aromatic heterocycles. The van der Waals surface area contributed by atoms with Crippen molar-refractivity contribution in [2.24, 2.45) is 5.41 Å². The van der Waals surface area contributed by atoms with Crippen LogP contribution in [0.25, 0.3) is 0 Å². The van der Waals surface area contributed by atoms with Crippen molar-refractivity contribution in [3.63, 3.8) is 0 Å². The van der Waals surface area contributed by atoms with Crippen molar-refractivity contribution in [1.82, 2.24) is 9.96 Å². The standard InChI is InChI=1S/C13H14N2O2/c16-12(14-8-13(9-14)6-7-13)15-11(17-15)10-4-2-1-3-5-10/h1-5,11H,6-9H2. The van der Waals surface area contributed by atoms with Crippen LogP contribution in [-0.2, 0) is 4.84 Å². The summed E-state index contributed by atoms with van der Waals surface area (Å²) < 4.78 is 0. The van der Waals surface area contributed by atoms with Crippen LogP contribution < -0.4 is 0 Å². The molecular formula is C13H14N2O2. The Kier molecular flexibility index (Phi) is 1.68. The highest BCUT2D eigenvalue weighted by Gasteiger charge is 2.57. The minimum atomic E-state index is -0.167. The maximum atomic E-state index is 12.0. The summed E-state index contributed by atoms with van der Waals surface area (Å²) in [5.41, 5.74) is 1.55. The molecule has 17 heavy (non-hydrogen) atoms. The van der Waals surface area contributed by atoms with Crippen molar-refractivity contribution in [2.45, 2.75) is 19.1 Å². The lowest BCUT2D eigenvalue weighted by Crippen LogP contribution is -2.53. The topological polar surface area (TPSA) is 35.9 Å². The molecule has 1 atom stereocenters. The van der Waals surface area contributed by atoms with E-state index in [0.717, 1.165) is 18.7 Å². The largest absolute Gasteiger partial charge is 0.346 e. The quantitative estimate of drug-likeness (QED) is 0.693. The molecule has 4 heteroatoms. The molecule has 4 rings (SSSR count). The van der Waals surface area contributed by atoms with Gasteiger partial charge in [0.1, 0.15) is 0 Å². The van der Waals surface area contributed by atoms with E-state index in [2.05, 4.69) is 0 Å². The van der Waals surface area contributed by atoms with Crippen LogP contribution in [-0.4, -0.2) is 29.1 Å². The van der Waals surface area contributed by atoms with E-state index < -0.39 is 0 Å². The van der Waals surface area contributed by atoms with Crippen molar-refractivity contribution in [1.29, 1.82) is 0 Å². The monoisotopic (exact) mass is 230 g/mol. The average molecular weight is 230 g/mol. The number of carbonyl (C=O) groups is 1. The van der Waals surface area contributed by atoms with Gasteiger partial charge in [-0.25, -0.2) is 9.63 Å².